The SMILES string of the molecule is CCCNCC(C(C)C)N(CC(C)C)CC(C)C. The van der Waals surface area contributed by atoms with E-state index in [0.29, 0.717) is 12.0 Å². The summed E-state index contributed by atoms with van der Waals surface area (Å²) in [7, 11) is 0. The third-order valence-electron chi connectivity index (χ3n) is 3.22. The highest BCUT2D eigenvalue weighted by molar-refractivity contribution is 4.78. The second-order valence-corrected chi connectivity index (χ2v) is 6.76. The lowest BCUT2D eigenvalue weighted by Crippen LogP contribution is -2.48. The zero-order chi connectivity index (χ0) is 14.1. The van der Waals surface area contributed by atoms with E-state index in [4.69, 9.17) is 0 Å². The minimum absolute atomic E-state index is 0.668. The van der Waals surface area contributed by atoms with Gasteiger partial charge >= 0.3 is 0 Å². The van der Waals surface area contributed by atoms with E-state index in [2.05, 4.69) is 58.7 Å². The Morgan fingerprint density at radius 1 is 0.889 bits per heavy atom. The van der Waals surface area contributed by atoms with Crippen LogP contribution in [0.2, 0.25) is 0 Å². The van der Waals surface area contributed by atoms with Crippen molar-refractivity contribution in [3.63, 3.8) is 0 Å². The molecule has 18 heavy (non-hydrogen) atoms. The number of nitrogens with one attached hydrogen (secondary N) is 1. The summed E-state index contributed by atoms with van der Waals surface area (Å²) in [6, 6.07) is 0.668. The Bertz CT molecular complexity index is 178. The normalized spacial score (nSPS) is 14.2. The van der Waals surface area contributed by atoms with Gasteiger partial charge in [-0.15, -0.1) is 0 Å². The van der Waals surface area contributed by atoms with Crippen LogP contribution < -0.4 is 5.32 Å². The lowest BCUT2D eigenvalue weighted by Gasteiger charge is -2.37. The van der Waals surface area contributed by atoms with Gasteiger partial charge in [0.1, 0.15) is 0 Å². The highest BCUT2D eigenvalue weighted by atomic mass is 15.2. The molecule has 2 heteroatoms. The van der Waals surface area contributed by atoms with Crippen molar-refractivity contribution in [2.24, 2.45) is 17.8 Å². The molecule has 0 heterocycles. The van der Waals surface area contributed by atoms with E-state index in [-0.39, 0.29) is 0 Å². The van der Waals surface area contributed by atoms with E-state index in [1.807, 2.05) is 0 Å². The van der Waals surface area contributed by atoms with E-state index >= 15 is 0 Å². The predicted octanol–water partition coefficient (Wildman–Crippen LogP) is 3.62. The van der Waals surface area contributed by atoms with Crippen LogP contribution in [0.5, 0.6) is 0 Å². The number of nitrogens with zero attached hydrogens (tertiary/aromatic N) is 1. The molecule has 0 amide bonds. The monoisotopic (exact) mass is 256 g/mol. The first kappa shape index (κ1) is 17.9. The van der Waals surface area contributed by atoms with Crippen LogP contribution in [-0.2, 0) is 0 Å². The summed E-state index contributed by atoms with van der Waals surface area (Å²) in [6.07, 6.45) is 1.22. The van der Waals surface area contributed by atoms with Crippen LogP contribution >= 0.6 is 0 Å². The molecule has 0 aliphatic heterocycles. The van der Waals surface area contributed by atoms with Crippen LogP contribution in [0.3, 0.4) is 0 Å². The van der Waals surface area contributed by atoms with Crippen molar-refractivity contribution in [2.75, 3.05) is 26.2 Å². The standard InChI is InChI=1S/C16H36N2/c1-8-9-17-10-16(15(6)7)18(11-13(2)3)12-14(4)5/h13-17H,8-12H2,1-7H3. The highest BCUT2D eigenvalue weighted by Crippen LogP contribution is 2.15. The van der Waals surface area contributed by atoms with Gasteiger partial charge in [-0.1, -0.05) is 48.5 Å². The molecule has 0 fully saturated rings. The number of rotatable bonds is 10. The summed E-state index contributed by atoms with van der Waals surface area (Å²) >= 11 is 0. The van der Waals surface area contributed by atoms with Gasteiger partial charge in [0.15, 0.2) is 0 Å². The smallest absolute Gasteiger partial charge is 0.0243 e. The third-order valence-corrected chi connectivity index (χ3v) is 3.22. The molecule has 0 saturated heterocycles. The molecule has 0 saturated carbocycles. The van der Waals surface area contributed by atoms with Crippen molar-refractivity contribution in [1.82, 2.24) is 10.2 Å². The Kier molecular flexibility index (Phi) is 9.76. The van der Waals surface area contributed by atoms with Gasteiger partial charge < -0.3 is 5.32 Å². The lowest BCUT2D eigenvalue weighted by molar-refractivity contribution is 0.120. The summed E-state index contributed by atoms with van der Waals surface area (Å²) in [5.74, 6) is 2.21. The Morgan fingerprint density at radius 2 is 1.39 bits per heavy atom. The van der Waals surface area contributed by atoms with Gasteiger partial charge in [0.2, 0.25) is 0 Å². The average Bonchev–Trinajstić information content (AvgIpc) is 2.21. The van der Waals surface area contributed by atoms with Gasteiger partial charge in [0.25, 0.3) is 0 Å². The fraction of sp³-hybridized carbons (Fsp3) is 1.00. The van der Waals surface area contributed by atoms with Crippen molar-refractivity contribution in [1.29, 1.82) is 0 Å². The summed E-state index contributed by atoms with van der Waals surface area (Å²) in [5.41, 5.74) is 0. The number of hydrogen-bond donors (Lipinski definition) is 1. The Morgan fingerprint density at radius 3 is 1.72 bits per heavy atom. The lowest BCUT2D eigenvalue weighted by atomic mass is 9.99. The largest absolute Gasteiger partial charge is 0.315 e. The molecule has 0 aromatic carbocycles. The van der Waals surface area contributed by atoms with Crippen molar-refractivity contribution in [3.05, 3.63) is 0 Å². The Labute approximate surface area is 116 Å². The van der Waals surface area contributed by atoms with E-state index < -0.39 is 0 Å². The molecule has 1 N–H and O–H groups in total. The van der Waals surface area contributed by atoms with Crippen LogP contribution in [0.15, 0.2) is 0 Å². The zero-order valence-corrected chi connectivity index (χ0v) is 13.8. The second kappa shape index (κ2) is 9.80. The molecule has 0 spiro atoms. The van der Waals surface area contributed by atoms with Crippen molar-refractivity contribution in [3.8, 4) is 0 Å². The Balaban J connectivity index is 4.52. The van der Waals surface area contributed by atoms with Gasteiger partial charge in [0, 0.05) is 25.7 Å². The maximum Gasteiger partial charge on any atom is 0.0243 e. The minimum atomic E-state index is 0.668. The molecule has 2 nitrogen and oxygen atoms in total. The average molecular weight is 256 g/mol. The van der Waals surface area contributed by atoms with Crippen molar-refractivity contribution < 1.29 is 0 Å². The van der Waals surface area contributed by atoms with Crippen molar-refractivity contribution in [2.45, 2.75) is 60.9 Å². The van der Waals surface area contributed by atoms with Gasteiger partial charge in [-0.25, -0.2) is 0 Å². The molecule has 0 bridgehead atoms. The molecule has 0 radical (unpaired) electrons. The van der Waals surface area contributed by atoms with Gasteiger partial charge in [-0.05, 0) is 30.7 Å². The minimum Gasteiger partial charge on any atom is -0.315 e. The van der Waals surface area contributed by atoms with Gasteiger partial charge in [-0.3, -0.25) is 4.90 Å². The number of hydrogen-bond acceptors (Lipinski definition) is 2. The summed E-state index contributed by atoms with van der Waals surface area (Å²) in [4.78, 5) is 2.70. The fourth-order valence-electron chi connectivity index (χ4n) is 2.50. The van der Waals surface area contributed by atoms with E-state index in [0.717, 1.165) is 24.9 Å². The molecule has 110 valence electrons. The topological polar surface area (TPSA) is 15.3 Å². The van der Waals surface area contributed by atoms with E-state index in [1.165, 1.54) is 19.5 Å². The second-order valence-electron chi connectivity index (χ2n) is 6.76. The molecule has 0 aliphatic carbocycles. The van der Waals surface area contributed by atoms with Crippen LogP contribution in [0.25, 0.3) is 0 Å². The highest BCUT2D eigenvalue weighted by Gasteiger charge is 2.22. The van der Waals surface area contributed by atoms with Gasteiger partial charge in [0.05, 0.1) is 0 Å². The van der Waals surface area contributed by atoms with Crippen LogP contribution in [0.4, 0.5) is 0 Å². The molecule has 1 unspecified atom stereocenters. The quantitative estimate of drug-likeness (QED) is 0.601. The predicted molar refractivity (Wildman–Crippen MR) is 83.0 cm³/mol. The molecule has 0 aromatic heterocycles. The molecule has 0 aromatic rings. The fourth-order valence-corrected chi connectivity index (χ4v) is 2.50. The maximum atomic E-state index is 3.60. The van der Waals surface area contributed by atoms with Crippen LogP contribution in [0.1, 0.15) is 54.9 Å². The molecule has 0 aliphatic rings. The first-order chi connectivity index (χ1) is 8.38. The zero-order valence-electron chi connectivity index (χ0n) is 13.8. The molecule has 1 atom stereocenters. The third kappa shape index (κ3) is 8.10. The van der Waals surface area contributed by atoms with Crippen molar-refractivity contribution >= 4 is 0 Å². The maximum absolute atomic E-state index is 3.60. The summed E-state index contributed by atoms with van der Waals surface area (Å²) in [5, 5.41) is 3.60. The molecular formula is C16H36N2. The molecule has 0 rings (SSSR count). The van der Waals surface area contributed by atoms with Crippen LogP contribution in [-0.4, -0.2) is 37.1 Å². The summed E-state index contributed by atoms with van der Waals surface area (Å²) < 4.78 is 0. The van der Waals surface area contributed by atoms with Crippen LogP contribution in [0, 0.1) is 17.8 Å². The molecular weight excluding hydrogens is 220 g/mol. The van der Waals surface area contributed by atoms with E-state index in [9.17, 15) is 0 Å². The Hall–Kier alpha value is -0.0800. The van der Waals surface area contributed by atoms with E-state index in [1.54, 1.807) is 0 Å². The first-order valence-corrected chi connectivity index (χ1v) is 7.83. The summed E-state index contributed by atoms with van der Waals surface area (Å²) in [6.45, 7) is 20.9. The van der Waals surface area contributed by atoms with Gasteiger partial charge in [-0.2, -0.15) is 0 Å². The first-order valence-electron chi connectivity index (χ1n) is 7.83.